The van der Waals surface area contributed by atoms with Gasteiger partial charge in [0.25, 0.3) is 0 Å². The summed E-state index contributed by atoms with van der Waals surface area (Å²) in [5.74, 6) is 0. The van der Waals surface area contributed by atoms with Crippen LogP contribution in [0.4, 0.5) is 0 Å². The maximum Gasteiger partial charge on any atom is 0.200 e. The first-order valence-electron chi connectivity index (χ1n) is 14.7. The van der Waals surface area contributed by atoms with Gasteiger partial charge in [-0.2, -0.15) is 0 Å². The molecule has 6 nitrogen and oxygen atoms in total. The minimum atomic E-state index is -2.16. The van der Waals surface area contributed by atoms with E-state index >= 15 is 0 Å². The molecule has 222 valence electrons. The van der Waals surface area contributed by atoms with Crippen LogP contribution in [0.3, 0.4) is 0 Å². The van der Waals surface area contributed by atoms with Crippen molar-refractivity contribution in [1.29, 1.82) is 0 Å². The summed E-state index contributed by atoms with van der Waals surface area (Å²) in [7, 11) is -0.555. The quantitative estimate of drug-likeness (QED) is 0.183. The first kappa shape index (κ1) is 32.5. The van der Waals surface area contributed by atoms with Crippen LogP contribution in [0.5, 0.6) is 0 Å². The van der Waals surface area contributed by atoms with Gasteiger partial charge in [-0.1, -0.05) is 102 Å². The van der Waals surface area contributed by atoms with Crippen molar-refractivity contribution in [2.75, 3.05) is 13.7 Å². The summed E-state index contributed by atoms with van der Waals surface area (Å²) < 4.78 is 31.7. The standard InChI is InChI=1S/C33H50O6Si/c1-24(2)40(25(3)4,26(5)6)38-23-30-32(36-21-27-15-10-8-11-16-27)33(37-22-28-17-12-9-13-18-28)31(34)29(39-30)19-14-20-35-7/h8-18,20,24-26,29-34H,19,21-23H2,1-7H3/b20-14+/t29-,30+,31+,32-,33-/m1/s1. The highest BCUT2D eigenvalue weighted by Gasteiger charge is 2.50. The van der Waals surface area contributed by atoms with Gasteiger partial charge in [0.05, 0.1) is 39.3 Å². The molecule has 0 aliphatic carbocycles. The van der Waals surface area contributed by atoms with Gasteiger partial charge >= 0.3 is 0 Å². The average Bonchev–Trinajstić information content (AvgIpc) is 2.93. The maximum atomic E-state index is 11.5. The fourth-order valence-electron chi connectivity index (χ4n) is 6.27. The number of aliphatic hydroxyl groups is 1. The Morgan fingerprint density at radius 1 is 0.775 bits per heavy atom. The predicted molar refractivity (Wildman–Crippen MR) is 162 cm³/mol. The van der Waals surface area contributed by atoms with Crippen molar-refractivity contribution in [2.24, 2.45) is 0 Å². The third kappa shape index (κ3) is 8.27. The highest BCUT2D eigenvalue weighted by molar-refractivity contribution is 6.77. The van der Waals surface area contributed by atoms with Crippen LogP contribution in [-0.4, -0.2) is 57.7 Å². The van der Waals surface area contributed by atoms with Crippen LogP contribution >= 0.6 is 0 Å². The second-order valence-corrected chi connectivity index (χ2v) is 17.2. The molecule has 0 bridgehead atoms. The van der Waals surface area contributed by atoms with Crippen LogP contribution in [-0.2, 0) is 36.6 Å². The Hall–Kier alpha value is -2.00. The lowest BCUT2D eigenvalue weighted by Gasteiger charge is -2.47. The van der Waals surface area contributed by atoms with E-state index in [4.69, 9.17) is 23.4 Å². The van der Waals surface area contributed by atoms with Crippen LogP contribution in [0.25, 0.3) is 0 Å². The number of hydrogen-bond acceptors (Lipinski definition) is 6. The molecule has 0 amide bonds. The molecule has 1 saturated heterocycles. The Morgan fingerprint density at radius 3 is 1.75 bits per heavy atom. The first-order chi connectivity index (χ1) is 19.2. The molecule has 3 rings (SSSR count). The van der Waals surface area contributed by atoms with Crippen molar-refractivity contribution in [2.45, 2.75) is 108 Å². The molecule has 40 heavy (non-hydrogen) atoms. The number of rotatable bonds is 15. The Morgan fingerprint density at radius 2 is 1.27 bits per heavy atom. The van der Waals surface area contributed by atoms with Gasteiger partial charge < -0.3 is 28.5 Å². The van der Waals surface area contributed by atoms with Crippen molar-refractivity contribution in [1.82, 2.24) is 0 Å². The van der Waals surface area contributed by atoms with Gasteiger partial charge in [0.2, 0.25) is 0 Å². The molecule has 1 fully saturated rings. The largest absolute Gasteiger partial charge is 0.505 e. The summed E-state index contributed by atoms with van der Waals surface area (Å²) in [6.07, 6.45) is 1.10. The predicted octanol–water partition coefficient (Wildman–Crippen LogP) is 7.03. The molecule has 1 aliphatic heterocycles. The van der Waals surface area contributed by atoms with Gasteiger partial charge in [0, 0.05) is 0 Å². The lowest BCUT2D eigenvalue weighted by Crippen LogP contribution is -2.61. The molecular formula is C33H50O6Si. The molecule has 0 aromatic heterocycles. The van der Waals surface area contributed by atoms with Gasteiger partial charge in [-0.05, 0) is 40.2 Å². The summed E-state index contributed by atoms with van der Waals surface area (Å²) in [6.45, 7) is 14.8. The number of methoxy groups -OCH3 is 1. The van der Waals surface area contributed by atoms with Gasteiger partial charge in [-0.3, -0.25) is 0 Å². The van der Waals surface area contributed by atoms with Crippen molar-refractivity contribution >= 4 is 8.32 Å². The highest BCUT2D eigenvalue weighted by atomic mass is 28.4. The Kier molecular flexibility index (Phi) is 12.9. The molecule has 0 unspecified atom stereocenters. The zero-order chi connectivity index (χ0) is 29.1. The summed E-state index contributed by atoms with van der Waals surface area (Å²) in [6, 6.07) is 20.1. The zero-order valence-corrected chi connectivity index (χ0v) is 26.4. The second kappa shape index (κ2) is 15.8. The summed E-state index contributed by atoms with van der Waals surface area (Å²) in [4.78, 5) is 0. The Labute approximate surface area is 242 Å². The second-order valence-electron chi connectivity index (χ2n) is 11.7. The fraction of sp³-hybridized carbons (Fsp3) is 0.576. The smallest absolute Gasteiger partial charge is 0.200 e. The van der Waals surface area contributed by atoms with Crippen LogP contribution in [0.1, 0.15) is 59.1 Å². The molecular weight excluding hydrogens is 520 g/mol. The fourth-order valence-corrected chi connectivity index (χ4v) is 11.7. The molecule has 2 aromatic carbocycles. The number of benzene rings is 2. The van der Waals surface area contributed by atoms with E-state index in [0.29, 0.717) is 42.9 Å². The Balaban J connectivity index is 1.92. The van der Waals surface area contributed by atoms with Crippen LogP contribution in [0, 0.1) is 0 Å². The topological polar surface area (TPSA) is 66.4 Å². The van der Waals surface area contributed by atoms with Crippen molar-refractivity contribution < 1.29 is 28.5 Å². The van der Waals surface area contributed by atoms with E-state index in [-0.39, 0.29) is 0 Å². The molecule has 2 aromatic rings. The van der Waals surface area contributed by atoms with E-state index in [0.717, 1.165) is 11.1 Å². The van der Waals surface area contributed by atoms with E-state index in [1.807, 2.05) is 66.7 Å². The lowest BCUT2D eigenvalue weighted by molar-refractivity contribution is -0.256. The van der Waals surface area contributed by atoms with Crippen LogP contribution in [0.15, 0.2) is 73.0 Å². The zero-order valence-electron chi connectivity index (χ0n) is 25.4. The summed E-state index contributed by atoms with van der Waals surface area (Å²) in [5.41, 5.74) is 3.42. The summed E-state index contributed by atoms with van der Waals surface area (Å²) >= 11 is 0. The molecule has 1 N–H and O–H groups in total. The van der Waals surface area contributed by atoms with Crippen molar-refractivity contribution in [3.8, 4) is 0 Å². The third-order valence-electron chi connectivity index (χ3n) is 8.13. The van der Waals surface area contributed by atoms with Crippen LogP contribution < -0.4 is 0 Å². The van der Waals surface area contributed by atoms with E-state index in [9.17, 15) is 5.11 Å². The number of aliphatic hydroxyl groups excluding tert-OH is 1. The van der Waals surface area contributed by atoms with Gasteiger partial charge in [-0.25, -0.2) is 0 Å². The molecule has 0 spiro atoms. The monoisotopic (exact) mass is 570 g/mol. The van der Waals surface area contributed by atoms with E-state index in [1.165, 1.54) is 0 Å². The van der Waals surface area contributed by atoms with Gasteiger partial charge in [-0.15, -0.1) is 0 Å². The first-order valence-corrected chi connectivity index (χ1v) is 16.8. The third-order valence-corrected chi connectivity index (χ3v) is 14.2. The molecule has 1 aliphatic rings. The van der Waals surface area contributed by atoms with Crippen LogP contribution in [0.2, 0.25) is 16.6 Å². The number of hydrogen-bond donors (Lipinski definition) is 1. The van der Waals surface area contributed by atoms with Crippen molar-refractivity contribution in [3.63, 3.8) is 0 Å². The summed E-state index contributed by atoms with van der Waals surface area (Å²) in [5, 5.41) is 11.5. The average molecular weight is 571 g/mol. The maximum absolute atomic E-state index is 11.5. The molecule has 5 atom stereocenters. The van der Waals surface area contributed by atoms with E-state index < -0.39 is 38.8 Å². The highest BCUT2D eigenvalue weighted by Crippen LogP contribution is 2.43. The lowest BCUT2D eigenvalue weighted by atomic mass is 9.93. The van der Waals surface area contributed by atoms with Gasteiger partial charge in [0.15, 0.2) is 8.32 Å². The minimum absolute atomic E-state index is 0.366. The molecule has 0 radical (unpaired) electrons. The van der Waals surface area contributed by atoms with Crippen molar-refractivity contribution in [3.05, 3.63) is 84.1 Å². The van der Waals surface area contributed by atoms with E-state index in [1.54, 1.807) is 13.4 Å². The van der Waals surface area contributed by atoms with Gasteiger partial charge in [0.1, 0.15) is 24.4 Å². The number of ether oxygens (including phenoxy) is 4. The normalized spacial score (nSPS) is 23.9. The van der Waals surface area contributed by atoms with E-state index in [2.05, 4.69) is 41.5 Å². The molecule has 1 heterocycles. The minimum Gasteiger partial charge on any atom is -0.505 e. The SMILES string of the molecule is CO/C=C/C[C@H]1O[C@@H](CO[Si](C(C)C)(C(C)C)C(C)C)[C@@H](OCc2ccccc2)[C@H](OCc2ccccc2)[C@H]1O. The molecule has 7 heteroatoms. The molecule has 0 saturated carbocycles. The Bertz CT molecular complexity index is 975.